The lowest BCUT2D eigenvalue weighted by molar-refractivity contribution is -0.115. The highest BCUT2D eigenvalue weighted by atomic mass is 19.1. The number of halogens is 1. The molecule has 0 aromatic heterocycles. The predicted octanol–water partition coefficient (Wildman–Crippen LogP) is 2.47. The van der Waals surface area contributed by atoms with Crippen LogP contribution in [-0.2, 0) is 9.59 Å². The van der Waals surface area contributed by atoms with Gasteiger partial charge in [-0.25, -0.2) is 4.39 Å². The average Bonchev–Trinajstić information content (AvgIpc) is 2.32. The number of carbonyl (C=O) groups is 2. The molecule has 1 N–H and O–H groups in total. The molecule has 0 unspecified atom stereocenters. The Hall–Kier alpha value is -2.23. The number of amides is 1. The predicted molar refractivity (Wildman–Crippen MR) is 64.0 cm³/mol. The summed E-state index contributed by atoms with van der Waals surface area (Å²) in [5.41, 5.74) is 0.913. The average molecular weight is 233 g/mol. The van der Waals surface area contributed by atoms with Gasteiger partial charge < -0.3 is 5.32 Å². The maximum absolute atomic E-state index is 12.6. The van der Waals surface area contributed by atoms with Gasteiger partial charge in [0.15, 0.2) is 6.29 Å². The molecule has 0 atom stereocenters. The van der Waals surface area contributed by atoms with E-state index >= 15 is 0 Å². The molecule has 0 radical (unpaired) electrons. The summed E-state index contributed by atoms with van der Waals surface area (Å²) in [5.74, 6) is -0.930. The van der Waals surface area contributed by atoms with E-state index < -0.39 is 11.7 Å². The molecule has 0 saturated heterocycles. The SMILES string of the molecule is C=C/C(C)=C(/C=O)C(=O)Nc1ccc(F)cc1. The van der Waals surface area contributed by atoms with Crippen LogP contribution >= 0.6 is 0 Å². The van der Waals surface area contributed by atoms with Crippen LogP contribution in [0.4, 0.5) is 10.1 Å². The lowest BCUT2D eigenvalue weighted by Gasteiger charge is -2.05. The quantitative estimate of drug-likeness (QED) is 0.285. The summed E-state index contributed by atoms with van der Waals surface area (Å²) in [7, 11) is 0. The Balaban J connectivity index is 2.89. The van der Waals surface area contributed by atoms with Crippen LogP contribution in [0, 0.1) is 5.82 Å². The minimum absolute atomic E-state index is 0.00400. The van der Waals surface area contributed by atoms with Gasteiger partial charge in [0, 0.05) is 5.69 Å². The Kier molecular flexibility index (Phi) is 4.34. The third-order valence-corrected chi connectivity index (χ3v) is 2.20. The molecule has 1 rings (SSSR count). The lowest BCUT2D eigenvalue weighted by Crippen LogP contribution is -2.16. The van der Waals surface area contributed by atoms with E-state index in [1.165, 1.54) is 30.3 Å². The molecule has 1 amide bonds. The molecule has 4 heteroatoms. The van der Waals surface area contributed by atoms with Crippen molar-refractivity contribution in [2.75, 3.05) is 5.32 Å². The van der Waals surface area contributed by atoms with E-state index in [0.717, 1.165) is 0 Å². The lowest BCUT2D eigenvalue weighted by atomic mass is 10.1. The number of hydrogen-bond acceptors (Lipinski definition) is 2. The summed E-state index contributed by atoms with van der Waals surface area (Å²) in [6.07, 6.45) is 1.89. The van der Waals surface area contributed by atoms with Crippen LogP contribution in [0.5, 0.6) is 0 Å². The number of rotatable bonds is 4. The second kappa shape index (κ2) is 5.75. The van der Waals surface area contributed by atoms with Crippen LogP contribution in [0.2, 0.25) is 0 Å². The maximum atomic E-state index is 12.6. The van der Waals surface area contributed by atoms with Gasteiger partial charge in [-0.3, -0.25) is 9.59 Å². The van der Waals surface area contributed by atoms with Gasteiger partial charge in [0.1, 0.15) is 5.82 Å². The van der Waals surface area contributed by atoms with E-state index in [1.807, 2.05) is 0 Å². The monoisotopic (exact) mass is 233 g/mol. The molecule has 0 spiro atoms. The van der Waals surface area contributed by atoms with Gasteiger partial charge in [0.25, 0.3) is 5.91 Å². The summed E-state index contributed by atoms with van der Waals surface area (Å²) in [4.78, 5) is 22.5. The number of allylic oxidation sites excluding steroid dienone is 2. The molecule has 0 aliphatic heterocycles. The normalized spacial score (nSPS) is 11.4. The molecule has 3 nitrogen and oxygen atoms in total. The Labute approximate surface area is 98.6 Å². The van der Waals surface area contributed by atoms with E-state index in [0.29, 0.717) is 17.5 Å². The highest BCUT2D eigenvalue weighted by molar-refractivity contribution is 6.17. The van der Waals surface area contributed by atoms with Gasteiger partial charge >= 0.3 is 0 Å². The van der Waals surface area contributed by atoms with E-state index in [4.69, 9.17) is 0 Å². The molecule has 0 heterocycles. The van der Waals surface area contributed by atoms with Gasteiger partial charge in [-0.2, -0.15) is 0 Å². The van der Waals surface area contributed by atoms with Crippen molar-refractivity contribution in [1.29, 1.82) is 0 Å². The van der Waals surface area contributed by atoms with Crippen molar-refractivity contribution in [2.24, 2.45) is 0 Å². The van der Waals surface area contributed by atoms with Crippen molar-refractivity contribution in [2.45, 2.75) is 6.92 Å². The topological polar surface area (TPSA) is 46.2 Å². The Morgan fingerprint density at radius 1 is 1.35 bits per heavy atom. The van der Waals surface area contributed by atoms with Gasteiger partial charge in [-0.15, -0.1) is 0 Å². The first kappa shape index (κ1) is 12.8. The fraction of sp³-hybridized carbons (Fsp3) is 0.0769. The van der Waals surface area contributed by atoms with E-state index in [-0.39, 0.29) is 5.57 Å². The summed E-state index contributed by atoms with van der Waals surface area (Å²) in [6.45, 7) is 5.10. The fourth-order valence-electron chi connectivity index (χ4n) is 1.17. The van der Waals surface area contributed by atoms with Crippen LogP contribution in [-0.4, -0.2) is 12.2 Å². The van der Waals surface area contributed by atoms with Crippen LogP contribution < -0.4 is 5.32 Å². The van der Waals surface area contributed by atoms with Crippen molar-refractivity contribution in [3.05, 3.63) is 53.9 Å². The van der Waals surface area contributed by atoms with Gasteiger partial charge in [-0.05, 0) is 36.8 Å². The molecule has 88 valence electrons. The zero-order chi connectivity index (χ0) is 12.8. The fourth-order valence-corrected chi connectivity index (χ4v) is 1.17. The van der Waals surface area contributed by atoms with E-state index in [2.05, 4.69) is 11.9 Å². The van der Waals surface area contributed by atoms with Gasteiger partial charge in [0.2, 0.25) is 0 Å². The second-order valence-corrected chi connectivity index (χ2v) is 3.38. The van der Waals surface area contributed by atoms with Crippen molar-refractivity contribution in [3.8, 4) is 0 Å². The van der Waals surface area contributed by atoms with E-state index in [1.54, 1.807) is 6.92 Å². The molecule has 0 aliphatic carbocycles. The number of aldehydes is 1. The summed E-state index contributed by atoms with van der Waals surface area (Å²) in [6, 6.07) is 5.28. The molecule has 0 bridgehead atoms. The Bertz CT molecular complexity index is 475. The van der Waals surface area contributed by atoms with E-state index in [9.17, 15) is 14.0 Å². The highest BCUT2D eigenvalue weighted by Crippen LogP contribution is 2.11. The Morgan fingerprint density at radius 3 is 2.41 bits per heavy atom. The van der Waals surface area contributed by atoms with Crippen molar-refractivity contribution < 1.29 is 14.0 Å². The zero-order valence-corrected chi connectivity index (χ0v) is 9.37. The maximum Gasteiger partial charge on any atom is 0.259 e. The minimum Gasteiger partial charge on any atom is -0.322 e. The third kappa shape index (κ3) is 3.38. The van der Waals surface area contributed by atoms with Crippen molar-refractivity contribution in [3.63, 3.8) is 0 Å². The molecule has 0 fully saturated rings. The van der Waals surface area contributed by atoms with Crippen LogP contribution in [0.25, 0.3) is 0 Å². The van der Waals surface area contributed by atoms with Crippen molar-refractivity contribution >= 4 is 17.9 Å². The molecule has 0 aliphatic rings. The number of benzene rings is 1. The van der Waals surface area contributed by atoms with Gasteiger partial charge in [-0.1, -0.05) is 12.7 Å². The minimum atomic E-state index is -0.538. The molecular weight excluding hydrogens is 221 g/mol. The number of hydrogen-bond donors (Lipinski definition) is 1. The first-order valence-electron chi connectivity index (χ1n) is 4.94. The number of carbonyl (C=O) groups excluding carboxylic acids is 2. The highest BCUT2D eigenvalue weighted by Gasteiger charge is 2.10. The molecule has 1 aromatic carbocycles. The van der Waals surface area contributed by atoms with Crippen LogP contribution in [0.1, 0.15) is 6.92 Å². The zero-order valence-electron chi connectivity index (χ0n) is 9.37. The first-order chi connectivity index (χ1) is 8.08. The van der Waals surface area contributed by atoms with Gasteiger partial charge in [0.05, 0.1) is 5.57 Å². The van der Waals surface area contributed by atoms with Crippen LogP contribution in [0.3, 0.4) is 0 Å². The smallest absolute Gasteiger partial charge is 0.259 e. The second-order valence-electron chi connectivity index (χ2n) is 3.38. The molecule has 1 aromatic rings. The largest absolute Gasteiger partial charge is 0.322 e. The molecular formula is C13H12FNO2. The third-order valence-electron chi connectivity index (χ3n) is 2.20. The first-order valence-corrected chi connectivity index (χ1v) is 4.94. The number of nitrogens with one attached hydrogen (secondary N) is 1. The van der Waals surface area contributed by atoms with Crippen molar-refractivity contribution in [1.82, 2.24) is 0 Å². The molecule has 0 saturated carbocycles. The molecule has 17 heavy (non-hydrogen) atoms. The Morgan fingerprint density at radius 2 is 1.94 bits per heavy atom. The summed E-state index contributed by atoms with van der Waals surface area (Å²) < 4.78 is 12.6. The number of anilines is 1. The summed E-state index contributed by atoms with van der Waals surface area (Å²) >= 11 is 0. The summed E-state index contributed by atoms with van der Waals surface area (Å²) in [5, 5.41) is 2.49. The standard InChI is InChI=1S/C13H12FNO2/c1-3-9(2)12(8-16)13(17)15-11-6-4-10(14)5-7-11/h3-8H,1H2,2H3,(H,15,17)/b12-9-. The van der Waals surface area contributed by atoms with Crippen LogP contribution in [0.15, 0.2) is 48.1 Å².